The molecular formula is C13H14BrFN2O3S. The van der Waals surface area contributed by atoms with Crippen molar-refractivity contribution < 1.29 is 17.9 Å². The van der Waals surface area contributed by atoms with E-state index in [0.29, 0.717) is 16.7 Å². The number of nitrogens with one attached hydrogen (secondary N) is 1. The molecule has 114 valence electrons. The molecule has 0 saturated heterocycles. The molecule has 0 amide bonds. The normalized spacial score (nSPS) is 11.6. The second-order valence-corrected chi connectivity index (χ2v) is 6.94. The Labute approximate surface area is 130 Å². The number of sulfonamides is 1. The van der Waals surface area contributed by atoms with Crippen LogP contribution < -0.4 is 4.72 Å². The fraction of sp³-hybridized carbons (Fsp3) is 0.231. The van der Waals surface area contributed by atoms with Crippen LogP contribution in [0.15, 0.2) is 39.8 Å². The summed E-state index contributed by atoms with van der Waals surface area (Å²) in [4.78, 5) is -0.0206. The van der Waals surface area contributed by atoms with Crippen molar-refractivity contribution in [3.63, 3.8) is 0 Å². The van der Waals surface area contributed by atoms with Gasteiger partial charge in [0.15, 0.2) is 0 Å². The number of nitrogens with zero attached hydrogens (tertiary/aromatic N) is 1. The van der Waals surface area contributed by atoms with Crippen molar-refractivity contribution in [1.29, 1.82) is 0 Å². The van der Waals surface area contributed by atoms with Crippen LogP contribution in [0.2, 0.25) is 0 Å². The van der Waals surface area contributed by atoms with Gasteiger partial charge in [0.1, 0.15) is 10.7 Å². The highest BCUT2D eigenvalue weighted by atomic mass is 79.9. The number of halogens is 2. The van der Waals surface area contributed by atoms with E-state index in [-0.39, 0.29) is 17.2 Å². The van der Waals surface area contributed by atoms with E-state index in [4.69, 9.17) is 0 Å². The number of anilines is 1. The number of rotatable bonds is 5. The number of benzene rings is 1. The number of aromatic nitrogens is 1. The van der Waals surface area contributed by atoms with E-state index in [9.17, 15) is 17.9 Å². The first-order chi connectivity index (χ1) is 9.87. The molecule has 0 aliphatic carbocycles. The molecule has 1 aromatic carbocycles. The third-order valence-electron chi connectivity index (χ3n) is 2.95. The maximum atomic E-state index is 13.6. The largest absolute Gasteiger partial charge is 0.390 e. The van der Waals surface area contributed by atoms with Gasteiger partial charge in [-0.3, -0.25) is 4.72 Å². The van der Waals surface area contributed by atoms with Gasteiger partial charge in [0, 0.05) is 22.9 Å². The first kappa shape index (κ1) is 16.0. The lowest BCUT2D eigenvalue weighted by atomic mass is 10.3. The Hall–Kier alpha value is -1.38. The molecule has 5 nitrogen and oxygen atoms in total. The average molecular weight is 377 g/mol. The van der Waals surface area contributed by atoms with Gasteiger partial charge in [0.25, 0.3) is 10.0 Å². The zero-order chi connectivity index (χ0) is 15.6. The monoisotopic (exact) mass is 376 g/mol. The van der Waals surface area contributed by atoms with Crippen molar-refractivity contribution in [2.75, 3.05) is 4.72 Å². The molecule has 0 saturated carbocycles. The second-order valence-electron chi connectivity index (χ2n) is 4.34. The fourth-order valence-corrected chi connectivity index (χ4v) is 3.36. The van der Waals surface area contributed by atoms with E-state index in [1.54, 1.807) is 4.57 Å². The Balaban J connectivity index is 2.38. The van der Waals surface area contributed by atoms with Crippen LogP contribution in [-0.4, -0.2) is 18.1 Å². The van der Waals surface area contributed by atoms with Gasteiger partial charge in [-0.05, 0) is 31.2 Å². The van der Waals surface area contributed by atoms with Crippen molar-refractivity contribution in [1.82, 2.24) is 4.57 Å². The fourth-order valence-electron chi connectivity index (χ4n) is 1.88. The van der Waals surface area contributed by atoms with Crippen molar-refractivity contribution in [2.24, 2.45) is 0 Å². The van der Waals surface area contributed by atoms with Crippen LogP contribution in [0, 0.1) is 5.82 Å². The molecule has 0 spiro atoms. The molecule has 2 aromatic rings. The molecule has 0 unspecified atom stereocenters. The molecule has 8 heteroatoms. The predicted molar refractivity (Wildman–Crippen MR) is 80.9 cm³/mol. The summed E-state index contributed by atoms with van der Waals surface area (Å²) in [5.41, 5.74) is 0.340. The Morgan fingerprint density at radius 3 is 2.67 bits per heavy atom. The number of aliphatic hydroxyl groups excluding tert-OH is 1. The van der Waals surface area contributed by atoms with Crippen LogP contribution in [-0.2, 0) is 23.2 Å². The quantitative estimate of drug-likeness (QED) is 0.842. The lowest BCUT2D eigenvalue weighted by Gasteiger charge is -2.08. The summed E-state index contributed by atoms with van der Waals surface area (Å²) < 4.78 is 42.6. The molecule has 21 heavy (non-hydrogen) atoms. The van der Waals surface area contributed by atoms with Gasteiger partial charge in [0.2, 0.25) is 0 Å². The Morgan fingerprint density at radius 2 is 2.10 bits per heavy atom. The lowest BCUT2D eigenvalue weighted by molar-refractivity contribution is 0.271. The van der Waals surface area contributed by atoms with Crippen LogP contribution in [0.5, 0.6) is 0 Å². The van der Waals surface area contributed by atoms with Gasteiger partial charge in [-0.2, -0.15) is 0 Å². The molecule has 1 aromatic heterocycles. The highest BCUT2D eigenvalue weighted by molar-refractivity contribution is 9.10. The van der Waals surface area contributed by atoms with E-state index in [1.165, 1.54) is 24.4 Å². The molecule has 2 rings (SSSR count). The molecule has 0 radical (unpaired) electrons. The van der Waals surface area contributed by atoms with Crippen molar-refractivity contribution in [2.45, 2.75) is 25.0 Å². The smallest absolute Gasteiger partial charge is 0.263 e. The number of hydrogen-bond acceptors (Lipinski definition) is 3. The summed E-state index contributed by atoms with van der Waals surface area (Å²) >= 11 is 3.16. The van der Waals surface area contributed by atoms with E-state index < -0.39 is 15.8 Å². The van der Waals surface area contributed by atoms with E-state index >= 15 is 0 Å². The highest BCUT2D eigenvalue weighted by Crippen LogP contribution is 2.24. The van der Waals surface area contributed by atoms with Crippen molar-refractivity contribution >= 4 is 31.6 Å². The molecule has 0 aliphatic heterocycles. The average Bonchev–Trinajstić information content (AvgIpc) is 2.86. The number of aryl methyl sites for hydroxylation is 1. The van der Waals surface area contributed by atoms with Crippen molar-refractivity contribution in [3.8, 4) is 0 Å². The van der Waals surface area contributed by atoms with Gasteiger partial charge >= 0.3 is 0 Å². The second kappa shape index (κ2) is 6.17. The molecular weight excluding hydrogens is 363 g/mol. The Bertz CT molecular complexity index is 737. The summed E-state index contributed by atoms with van der Waals surface area (Å²) in [5.74, 6) is -0.668. The van der Waals surface area contributed by atoms with E-state index in [0.717, 1.165) is 6.07 Å². The van der Waals surface area contributed by atoms with E-state index in [2.05, 4.69) is 20.7 Å². The number of hydrogen-bond donors (Lipinski definition) is 2. The summed E-state index contributed by atoms with van der Waals surface area (Å²) in [6, 6.07) is 5.35. The van der Waals surface area contributed by atoms with Crippen LogP contribution >= 0.6 is 15.9 Å². The minimum atomic E-state index is -3.92. The Morgan fingerprint density at radius 1 is 1.38 bits per heavy atom. The number of aliphatic hydroxyl groups is 1. The summed E-state index contributed by atoms with van der Waals surface area (Å²) in [6.45, 7) is 2.09. The van der Waals surface area contributed by atoms with Crippen LogP contribution in [0.25, 0.3) is 0 Å². The highest BCUT2D eigenvalue weighted by Gasteiger charge is 2.19. The van der Waals surface area contributed by atoms with Gasteiger partial charge in [-0.1, -0.05) is 15.9 Å². The zero-order valence-corrected chi connectivity index (χ0v) is 13.6. The third-order valence-corrected chi connectivity index (χ3v) is 4.77. The van der Waals surface area contributed by atoms with Crippen molar-refractivity contribution in [3.05, 3.63) is 46.4 Å². The van der Waals surface area contributed by atoms with E-state index in [1.807, 2.05) is 6.92 Å². The molecule has 0 bridgehead atoms. The third kappa shape index (κ3) is 3.45. The minimum Gasteiger partial charge on any atom is -0.390 e. The summed E-state index contributed by atoms with van der Waals surface area (Å²) in [6.07, 6.45) is 1.41. The van der Waals surface area contributed by atoms with Crippen LogP contribution in [0.3, 0.4) is 0 Å². The topological polar surface area (TPSA) is 71.3 Å². The first-order valence-electron chi connectivity index (χ1n) is 6.15. The van der Waals surface area contributed by atoms with Gasteiger partial charge in [-0.25, -0.2) is 12.8 Å². The lowest BCUT2D eigenvalue weighted by Crippen LogP contribution is -2.13. The Kier molecular flexibility index (Phi) is 4.70. The predicted octanol–water partition coefficient (Wildman–Crippen LogP) is 2.70. The van der Waals surface area contributed by atoms with Crippen LogP contribution in [0.1, 0.15) is 12.6 Å². The molecule has 0 atom stereocenters. The SMILES string of the molecule is CCn1cc(S(=O)(=O)Nc2cc(Br)ccc2F)cc1CO. The molecule has 0 fully saturated rings. The summed E-state index contributed by atoms with van der Waals surface area (Å²) in [7, 11) is -3.92. The van der Waals surface area contributed by atoms with Crippen LogP contribution in [0.4, 0.5) is 10.1 Å². The summed E-state index contributed by atoms with van der Waals surface area (Å²) in [5, 5.41) is 9.20. The zero-order valence-electron chi connectivity index (χ0n) is 11.2. The molecule has 0 aliphatic rings. The molecule has 1 heterocycles. The maximum absolute atomic E-state index is 13.6. The first-order valence-corrected chi connectivity index (χ1v) is 8.42. The van der Waals surface area contributed by atoms with Gasteiger partial charge in [0.05, 0.1) is 12.3 Å². The standard InChI is InChI=1S/C13H14BrFN2O3S/c1-2-17-7-11(6-10(17)8-18)21(19,20)16-13-5-9(14)3-4-12(13)15/h3-7,16,18H,2,8H2,1H3. The van der Waals surface area contributed by atoms with Gasteiger partial charge < -0.3 is 9.67 Å². The maximum Gasteiger partial charge on any atom is 0.263 e. The minimum absolute atomic E-state index is 0.0206. The van der Waals surface area contributed by atoms with Gasteiger partial charge in [-0.15, -0.1) is 0 Å². The molecule has 2 N–H and O–H groups in total.